The second-order valence-electron chi connectivity index (χ2n) is 4.27. The summed E-state index contributed by atoms with van der Waals surface area (Å²) in [5, 5.41) is 2.80. The zero-order valence-electron chi connectivity index (χ0n) is 11.0. The van der Waals surface area contributed by atoms with Crippen LogP contribution in [-0.4, -0.2) is 26.0 Å². The minimum atomic E-state index is -0.256. The SMILES string of the molecule is C#CC(CC)NC(=O)c1cc(N)ccc1N(C)C. The van der Waals surface area contributed by atoms with Crippen molar-refractivity contribution in [2.24, 2.45) is 0 Å². The highest BCUT2D eigenvalue weighted by Gasteiger charge is 2.15. The van der Waals surface area contributed by atoms with Gasteiger partial charge in [-0.25, -0.2) is 0 Å². The number of hydrogen-bond donors (Lipinski definition) is 2. The van der Waals surface area contributed by atoms with E-state index in [2.05, 4.69) is 11.2 Å². The molecule has 0 radical (unpaired) electrons. The van der Waals surface area contributed by atoms with Crippen LogP contribution in [0.4, 0.5) is 11.4 Å². The number of nitrogens with one attached hydrogen (secondary N) is 1. The lowest BCUT2D eigenvalue weighted by molar-refractivity contribution is 0.0945. The highest BCUT2D eigenvalue weighted by Crippen LogP contribution is 2.21. The Morgan fingerprint density at radius 1 is 1.56 bits per heavy atom. The molecule has 0 aliphatic rings. The molecule has 0 saturated carbocycles. The first-order valence-electron chi connectivity index (χ1n) is 5.83. The monoisotopic (exact) mass is 245 g/mol. The zero-order valence-corrected chi connectivity index (χ0v) is 11.0. The van der Waals surface area contributed by atoms with Crippen molar-refractivity contribution in [1.29, 1.82) is 0 Å². The fourth-order valence-electron chi connectivity index (χ4n) is 1.62. The van der Waals surface area contributed by atoms with Gasteiger partial charge in [-0.15, -0.1) is 6.42 Å². The highest BCUT2D eigenvalue weighted by molar-refractivity contribution is 6.01. The zero-order chi connectivity index (χ0) is 13.7. The molecule has 1 amide bonds. The van der Waals surface area contributed by atoms with Gasteiger partial charge in [0.25, 0.3) is 5.91 Å². The summed E-state index contributed by atoms with van der Waals surface area (Å²) in [6.07, 6.45) is 6.03. The van der Waals surface area contributed by atoms with Gasteiger partial charge in [0.2, 0.25) is 0 Å². The van der Waals surface area contributed by atoms with E-state index in [1.54, 1.807) is 12.1 Å². The number of anilines is 2. The Kier molecular flexibility index (Phi) is 4.61. The lowest BCUT2D eigenvalue weighted by atomic mass is 10.1. The molecule has 3 N–H and O–H groups in total. The molecule has 96 valence electrons. The Morgan fingerprint density at radius 3 is 2.72 bits per heavy atom. The summed E-state index contributed by atoms with van der Waals surface area (Å²) in [5.41, 5.74) is 7.63. The molecular formula is C14H19N3O. The quantitative estimate of drug-likeness (QED) is 0.624. The second kappa shape index (κ2) is 5.97. The number of nitrogen functional groups attached to an aromatic ring is 1. The van der Waals surface area contributed by atoms with Crippen LogP contribution in [0.25, 0.3) is 0 Å². The van der Waals surface area contributed by atoms with Crippen LogP contribution in [0.3, 0.4) is 0 Å². The molecule has 1 aromatic rings. The summed E-state index contributed by atoms with van der Waals surface area (Å²) in [6.45, 7) is 1.93. The number of benzene rings is 1. The van der Waals surface area contributed by atoms with Crippen molar-refractivity contribution in [3.63, 3.8) is 0 Å². The molecule has 0 saturated heterocycles. The first-order valence-corrected chi connectivity index (χ1v) is 5.83. The Morgan fingerprint density at radius 2 is 2.22 bits per heavy atom. The van der Waals surface area contributed by atoms with E-state index >= 15 is 0 Å². The van der Waals surface area contributed by atoms with Crippen molar-refractivity contribution < 1.29 is 4.79 Å². The van der Waals surface area contributed by atoms with Gasteiger partial charge in [-0.3, -0.25) is 4.79 Å². The molecule has 4 nitrogen and oxygen atoms in total. The van der Waals surface area contributed by atoms with E-state index in [-0.39, 0.29) is 11.9 Å². The van der Waals surface area contributed by atoms with E-state index in [4.69, 9.17) is 12.2 Å². The number of rotatable bonds is 4. The number of terminal acetylenes is 1. The molecule has 0 aliphatic carbocycles. The Balaban J connectivity index is 3.04. The highest BCUT2D eigenvalue weighted by atomic mass is 16.1. The predicted octanol–water partition coefficient (Wildman–Crippen LogP) is 1.48. The summed E-state index contributed by atoms with van der Waals surface area (Å²) < 4.78 is 0. The largest absolute Gasteiger partial charge is 0.399 e. The van der Waals surface area contributed by atoms with Gasteiger partial charge < -0.3 is 16.0 Å². The van der Waals surface area contributed by atoms with Gasteiger partial charge in [-0.1, -0.05) is 12.8 Å². The number of amides is 1. The summed E-state index contributed by atoms with van der Waals surface area (Å²) in [5.74, 6) is 2.34. The van der Waals surface area contributed by atoms with E-state index < -0.39 is 0 Å². The molecule has 1 rings (SSSR count). The van der Waals surface area contributed by atoms with Crippen molar-refractivity contribution in [3.8, 4) is 12.3 Å². The maximum absolute atomic E-state index is 12.2. The van der Waals surface area contributed by atoms with Crippen LogP contribution in [0.2, 0.25) is 0 Å². The molecule has 0 fully saturated rings. The molecule has 1 aromatic carbocycles. The van der Waals surface area contributed by atoms with Crippen LogP contribution in [0.5, 0.6) is 0 Å². The van der Waals surface area contributed by atoms with Gasteiger partial charge in [-0.05, 0) is 24.6 Å². The maximum Gasteiger partial charge on any atom is 0.254 e. The van der Waals surface area contributed by atoms with Crippen molar-refractivity contribution in [2.45, 2.75) is 19.4 Å². The van der Waals surface area contributed by atoms with Crippen LogP contribution in [-0.2, 0) is 0 Å². The predicted molar refractivity (Wildman–Crippen MR) is 75.6 cm³/mol. The van der Waals surface area contributed by atoms with Crippen LogP contribution in [0.1, 0.15) is 23.7 Å². The Bertz CT molecular complexity index is 474. The average molecular weight is 245 g/mol. The average Bonchev–Trinajstić information content (AvgIpc) is 2.35. The number of nitrogens with two attached hydrogens (primary N) is 1. The second-order valence-corrected chi connectivity index (χ2v) is 4.27. The summed E-state index contributed by atoms with van der Waals surface area (Å²) in [6, 6.07) is 4.99. The third-order valence-electron chi connectivity index (χ3n) is 2.66. The van der Waals surface area contributed by atoms with Crippen LogP contribution in [0.15, 0.2) is 18.2 Å². The first kappa shape index (κ1) is 13.9. The summed E-state index contributed by atoms with van der Waals surface area (Å²) >= 11 is 0. The number of carbonyl (C=O) groups excluding carboxylic acids is 1. The topological polar surface area (TPSA) is 58.4 Å². The molecule has 4 heteroatoms. The Hall–Kier alpha value is -2.15. The van der Waals surface area contributed by atoms with E-state index in [1.165, 1.54) is 0 Å². The number of hydrogen-bond acceptors (Lipinski definition) is 3. The Labute approximate surface area is 108 Å². The summed E-state index contributed by atoms with van der Waals surface area (Å²) in [7, 11) is 3.75. The molecule has 18 heavy (non-hydrogen) atoms. The van der Waals surface area contributed by atoms with E-state index in [0.29, 0.717) is 17.7 Å². The van der Waals surface area contributed by atoms with E-state index in [1.807, 2.05) is 32.0 Å². The molecule has 0 bridgehead atoms. The molecule has 0 heterocycles. The van der Waals surface area contributed by atoms with E-state index in [0.717, 1.165) is 5.69 Å². The fourth-order valence-corrected chi connectivity index (χ4v) is 1.62. The normalized spacial score (nSPS) is 11.4. The van der Waals surface area contributed by atoms with E-state index in [9.17, 15) is 4.79 Å². The van der Waals surface area contributed by atoms with Gasteiger partial charge in [-0.2, -0.15) is 0 Å². The fraction of sp³-hybridized carbons (Fsp3) is 0.357. The molecular weight excluding hydrogens is 226 g/mol. The molecule has 1 atom stereocenters. The molecule has 1 unspecified atom stereocenters. The number of carbonyl (C=O) groups is 1. The van der Waals surface area contributed by atoms with Crippen LogP contribution in [0, 0.1) is 12.3 Å². The van der Waals surface area contributed by atoms with Crippen molar-refractivity contribution in [2.75, 3.05) is 24.7 Å². The van der Waals surface area contributed by atoms with Gasteiger partial charge in [0.15, 0.2) is 0 Å². The molecule has 0 aromatic heterocycles. The third kappa shape index (κ3) is 3.17. The summed E-state index contributed by atoms with van der Waals surface area (Å²) in [4.78, 5) is 14.0. The standard InChI is InChI=1S/C14H19N3O/c1-5-11(6-2)16-14(18)12-9-10(15)7-8-13(12)17(3)4/h1,7-9,11H,6,15H2,2-4H3,(H,16,18). The smallest absolute Gasteiger partial charge is 0.254 e. The first-order chi connectivity index (χ1) is 8.49. The lowest BCUT2D eigenvalue weighted by Gasteiger charge is -2.19. The van der Waals surface area contributed by atoms with Crippen LogP contribution >= 0.6 is 0 Å². The maximum atomic E-state index is 12.2. The van der Waals surface area contributed by atoms with Crippen molar-refractivity contribution >= 4 is 17.3 Å². The number of nitrogens with zero attached hydrogens (tertiary/aromatic N) is 1. The van der Waals surface area contributed by atoms with Crippen molar-refractivity contribution in [1.82, 2.24) is 5.32 Å². The van der Waals surface area contributed by atoms with Gasteiger partial charge in [0.1, 0.15) is 0 Å². The van der Waals surface area contributed by atoms with Crippen molar-refractivity contribution in [3.05, 3.63) is 23.8 Å². The van der Waals surface area contributed by atoms with Gasteiger partial charge in [0.05, 0.1) is 11.6 Å². The van der Waals surface area contributed by atoms with Crippen LogP contribution < -0.4 is 16.0 Å². The van der Waals surface area contributed by atoms with Gasteiger partial charge in [0, 0.05) is 25.5 Å². The molecule has 0 aliphatic heterocycles. The third-order valence-corrected chi connectivity index (χ3v) is 2.66. The minimum absolute atomic E-state index is 0.198. The van der Waals surface area contributed by atoms with Gasteiger partial charge >= 0.3 is 0 Å². The lowest BCUT2D eigenvalue weighted by Crippen LogP contribution is -2.34. The molecule has 0 spiro atoms. The minimum Gasteiger partial charge on any atom is -0.399 e.